The maximum Gasteiger partial charge on any atom is 0.198 e. The molecule has 0 aliphatic carbocycles. The molecule has 1 fully saturated rings. The molecule has 2 aromatic carbocycles. The summed E-state index contributed by atoms with van der Waals surface area (Å²) in [5.41, 5.74) is 2.49. The summed E-state index contributed by atoms with van der Waals surface area (Å²) in [5, 5.41) is 10.9. The minimum absolute atomic E-state index is 0.0513. The summed E-state index contributed by atoms with van der Waals surface area (Å²) in [5.74, 6) is -0.255. The summed E-state index contributed by atoms with van der Waals surface area (Å²) in [6.45, 7) is 2.59. The van der Waals surface area contributed by atoms with Crippen molar-refractivity contribution in [1.29, 1.82) is 0 Å². The molecule has 0 atom stereocenters. The lowest BCUT2D eigenvalue weighted by Crippen LogP contribution is -2.36. The van der Waals surface area contributed by atoms with E-state index in [4.69, 9.17) is 4.74 Å². The molecule has 1 aromatic heterocycles. The molecule has 0 saturated carbocycles. The van der Waals surface area contributed by atoms with Crippen molar-refractivity contribution >= 4 is 28.5 Å². The van der Waals surface area contributed by atoms with Gasteiger partial charge in [0.25, 0.3) is 0 Å². The van der Waals surface area contributed by atoms with Gasteiger partial charge in [-0.05, 0) is 18.2 Å². The zero-order valence-electron chi connectivity index (χ0n) is 13.6. The number of benzene rings is 2. The van der Waals surface area contributed by atoms with Crippen molar-refractivity contribution in [2.45, 2.75) is 0 Å². The van der Waals surface area contributed by atoms with E-state index in [-0.39, 0.29) is 11.7 Å². The quantitative estimate of drug-likeness (QED) is 0.717. The Morgan fingerprint density at radius 3 is 2.76 bits per heavy atom. The van der Waals surface area contributed by atoms with E-state index in [1.807, 2.05) is 29.2 Å². The van der Waals surface area contributed by atoms with Gasteiger partial charge in [0.2, 0.25) is 0 Å². The first-order chi connectivity index (χ1) is 12.2. The van der Waals surface area contributed by atoms with Crippen LogP contribution in [0, 0.1) is 5.82 Å². The summed E-state index contributed by atoms with van der Waals surface area (Å²) < 4.78 is 19.7. The molecule has 1 aliphatic heterocycles. The Morgan fingerprint density at radius 1 is 1.16 bits per heavy atom. The summed E-state index contributed by atoms with van der Waals surface area (Å²) >= 11 is 0. The van der Waals surface area contributed by atoms with E-state index in [0.29, 0.717) is 43.2 Å². The lowest BCUT2D eigenvalue weighted by molar-refractivity contribution is 0.122. The van der Waals surface area contributed by atoms with Crippen LogP contribution in [0.1, 0.15) is 5.56 Å². The van der Waals surface area contributed by atoms with E-state index in [9.17, 15) is 9.50 Å². The second kappa shape index (κ2) is 6.57. The first-order valence-corrected chi connectivity index (χ1v) is 8.18. The van der Waals surface area contributed by atoms with Gasteiger partial charge in [0, 0.05) is 36.3 Å². The molecule has 6 heteroatoms. The monoisotopic (exact) mass is 339 g/mol. The number of halogens is 1. The summed E-state index contributed by atoms with van der Waals surface area (Å²) in [6, 6.07) is 12.5. The molecule has 0 unspecified atom stereocenters. The van der Waals surface area contributed by atoms with Gasteiger partial charge in [0.15, 0.2) is 5.88 Å². The van der Waals surface area contributed by atoms with Crippen molar-refractivity contribution in [1.82, 2.24) is 4.98 Å². The zero-order chi connectivity index (χ0) is 17.2. The number of nitrogens with zero attached hydrogens (tertiary/aromatic N) is 2. The smallest absolute Gasteiger partial charge is 0.198 e. The molecule has 1 saturated heterocycles. The molecule has 0 bridgehead atoms. The van der Waals surface area contributed by atoms with Crippen molar-refractivity contribution < 1.29 is 14.2 Å². The number of aromatic nitrogens is 1. The van der Waals surface area contributed by atoms with Crippen LogP contribution in [0.15, 0.2) is 47.5 Å². The maximum absolute atomic E-state index is 14.4. The summed E-state index contributed by atoms with van der Waals surface area (Å²) in [6.07, 6.45) is 1.55. The van der Waals surface area contributed by atoms with Gasteiger partial charge in [-0.2, -0.15) is 0 Å². The highest BCUT2D eigenvalue weighted by molar-refractivity contribution is 6.02. The van der Waals surface area contributed by atoms with Crippen LogP contribution >= 0.6 is 0 Å². The van der Waals surface area contributed by atoms with Gasteiger partial charge in [0.1, 0.15) is 5.82 Å². The SMILES string of the molecule is Oc1[nH]c2ccccc2c1C=Nc1ccc(N2CCOCC2)c(F)c1. The average molecular weight is 339 g/mol. The first kappa shape index (κ1) is 15.7. The average Bonchev–Trinajstić information content (AvgIpc) is 2.96. The van der Waals surface area contributed by atoms with Crippen LogP contribution in [0.25, 0.3) is 10.9 Å². The number of nitrogens with one attached hydrogen (secondary N) is 1. The second-order valence-electron chi connectivity index (χ2n) is 5.93. The van der Waals surface area contributed by atoms with E-state index >= 15 is 0 Å². The number of para-hydroxylation sites is 1. The van der Waals surface area contributed by atoms with Gasteiger partial charge in [-0.3, -0.25) is 4.99 Å². The van der Waals surface area contributed by atoms with Crippen LogP contribution in [0.3, 0.4) is 0 Å². The van der Waals surface area contributed by atoms with E-state index in [0.717, 1.165) is 10.9 Å². The number of hydrogen-bond donors (Lipinski definition) is 2. The van der Waals surface area contributed by atoms with Gasteiger partial charge in [0.05, 0.1) is 30.2 Å². The van der Waals surface area contributed by atoms with Crippen LogP contribution < -0.4 is 4.90 Å². The van der Waals surface area contributed by atoms with Gasteiger partial charge in [-0.1, -0.05) is 18.2 Å². The third-order valence-electron chi connectivity index (χ3n) is 4.35. The van der Waals surface area contributed by atoms with E-state index in [1.165, 1.54) is 6.07 Å². The highest BCUT2D eigenvalue weighted by Crippen LogP contribution is 2.28. The minimum Gasteiger partial charge on any atom is -0.494 e. The Bertz CT molecular complexity index is 930. The number of morpholine rings is 1. The topological polar surface area (TPSA) is 60.8 Å². The highest BCUT2D eigenvalue weighted by Gasteiger charge is 2.15. The zero-order valence-corrected chi connectivity index (χ0v) is 13.6. The molecule has 2 N–H and O–H groups in total. The van der Waals surface area contributed by atoms with Crippen LogP contribution in [0.2, 0.25) is 0 Å². The van der Waals surface area contributed by atoms with Crippen LogP contribution in [0.5, 0.6) is 5.88 Å². The molecule has 1 aliphatic rings. The lowest BCUT2D eigenvalue weighted by Gasteiger charge is -2.29. The molecule has 2 heterocycles. The minimum atomic E-state index is -0.306. The molecule has 5 nitrogen and oxygen atoms in total. The fourth-order valence-electron chi connectivity index (χ4n) is 3.06. The predicted molar refractivity (Wildman–Crippen MR) is 96.6 cm³/mol. The second-order valence-corrected chi connectivity index (χ2v) is 5.93. The number of rotatable bonds is 3. The molecule has 3 aromatic rings. The van der Waals surface area contributed by atoms with E-state index in [2.05, 4.69) is 9.98 Å². The van der Waals surface area contributed by atoms with Gasteiger partial charge in [-0.15, -0.1) is 0 Å². The Labute approximate surface area is 144 Å². The van der Waals surface area contributed by atoms with Crippen LogP contribution in [-0.4, -0.2) is 42.6 Å². The largest absolute Gasteiger partial charge is 0.494 e. The Hall–Kier alpha value is -2.86. The number of aromatic amines is 1. The van der Waals surface area contributed by atoms with Crippen molar-refractivity contribution in [2.24, 2.45) is 4.99 Å². The van der Waals surface area contributed by atoms with Crippen molar-refractivity contribution in [3.05, 3.63) is 53.8 Å². The fraction of sp³-hybridized carbons (Fsp3) is 0.211. The Morgan fingerprint density at radius 2 is 1.96 bits per heavy atom. The molecule has 128 valence electrons. The van der Waals surface area contributed by atoms with Crippen LogP contribution in [-0.2, 0) is 4.74 Å². The van der Waals surface area contributed by atoms with Crippen molar-refractivity contribution in [3.8, 4) is 5.88 Å². The third-order valence-corrected chi connectivity index (χ3v) is 4.35. The van der Waals surface area contributed by atoms with E-state index < -0.39 is 0 Å². The summed E-state index contributed by atoms with van der Waals surface area (Å²) in [4.78, 5) is 9.19. The molecular formula is C19H18FN3O2. The number of aromatic hydroxyl groups is 1. The normalized spacial score (nSPS) is 15.3. The molecule has 0 amide bonds. The van der Waals surface area contributed by atoms with Crippen molar-refractivity contribution in [2.75, 3.05) is 31.2 Å². The Kier molecular flexibility index (Phi) is 4.11. The summed E-state index contributed by atoms with van der Waals surface area (Å²) in [7, 11) is 0. The van der Waals surface area contributed by atoms with Gasteiger partial charge >= 0.3 is 0 Å². The van der Waals surface area contributed by atoms with Gasteiger partial charge < -0.3 is 19.7 Å². The number of fused-ring (bicyclic) bond motifs is 1. The van der Waals surface area contributed by atoms with E-state index in [1.54, 1.807) is 18.3 Å². The predicted octanol–water partition coefficient (Wildman–Crippen LogP) is 3.60. The maximum atomic E-state index is 14.4. The lowest BCUT2D eigenvalue weighted by atomic mass is 10.2. The first-order valence-electron chi connectivity index (χ1n) is 8.18. The standard InChI is InChI=1S/C19H18FN3O2/c20-16-11-13(5-6-18(16)23-7-9-25-10-8-23)21-12-15-14-3-1-2-4-17(14)22-19(15)24/h1-6,11-12,22,24H,7-10H2. The fourth-order valence-corrected chi connectivity index (χ4v) is 3.06. The Balaban J connectivity index is 1.61. The number of H-pyrrole nitrogens is 1. The molecular weight excluding hydrogens is 321 g/mol. The number of aliphatic imine (C=N–C) groups is 1. The molecule has 0 radical (unpaired) electrons. The van der Waals surface area contributed by atoms with Gasteiger partial charge in [-0.25, -0.2) is 4.39 Å². The third kappa shape index (κ3) is 3.08. The highest BCUT2D eigenvalue weighted by atomic mass is 19.1. The van der Waals surface area contributed by atoms with Crippen LogP contribution in [0.4, 0.5) is 15.8 Å². The number of hydrogen-bond acceptors (Lipinski definition) is 4. The molecule has 4 rings (SSSR count). The molecule has 0 spiro atoms. The number of anilines is 1. The molecule has 25 heavy (non-hydrogen) atoms. The van der Waals surface area contributed by atoms with Crippen molar-refractivity contribution in [3.63, 3.8) is 0 Å². The number of ether oxygens (including phenoxy) is 1.